The van der Waals surface area contributed by atoms with Crippen LogP contribution < -0.4 is 25.1 Å². The van der Waals surface area contributed by atoms with Gasteiger partial charge in [0.15, 0.2) is 11.5 Å². The lowest BCUT2D eigenvalue weighted by Gasteiger charge is -2.12. The standard InChI is InChI=1S/C23H25N3O5/c1-15-21(23(28)26(25(15)2)17-9-7-6-8-10-17)24-20(27)12-11-16-13-18(29-3)22(31-5)19(14-16)30-4/h6-14H,1-5H3,(H,24,27)/b12-11+. The van der Waals surface area contributed by atoms with Gasteiger partial charge in [0.1, 0.15) is 5.69 Å². The van der Waals surface area contributed by atoms with E-state index in [1.165, 1.54) is 32.1 Å². The Bertz CT molecular complexity index is 1150. The van der Waals surface area contributed by atoms with Crippen molar-refractivity contribution in [1.29, 1.82) is 0 Å². The number of aromatic nitrogens is 2. The molecule has 1 N–H and O–H groups in total. The molecule has 1 aromatic heterocycles. The number of nitrogens with one attached hydrogen (secondary N) is 1. The molecule has 0 unspecified atom stereocenters. The molecule has 1 amide bonds. The number of anilines is 1. The minimum atomic E-state index is -0.431. The lowest BCUT2D eigenvalue weighted by Crippen LogP contribution is -2.22. The second kappa shape index (κ2) is 9.25. The smallest absolute Gasteiger partial charge is 0.295 e. The van der Waals surface area contributed by atoms with E-state index in [0.29, 0.717) is 34.2 Å². The van der Waals surface area contributed by atoms with Crippen LogP contribution in [-0.2, 0) is 11.8 Å². The van der Waals surface area contributed by atoms with E-state index in [-0.39, 0.29) is 11.2 Å². The number of carbonyl (C=O) groups is 1. The van der Waals surface area contributed by atoms with Crippen LogP contribution in [0.15, 0.2) is 53.3 Å². The van der Waals surface area contributed by atoms with Gasteiger partial charge < -0.3 is 19.5 Å². The van der Waals surface area contributed by atoms with Crippen molar-refractivity contribution in [2.24, 2.45) is 7.05 Å². The average molecular weight is 423 g/mol. The molecule has 0 atom stereocenters. The van der Waals surface area contributed by atoms with E-state index in [2.05, 4.69) is 5.32 Å². The van der Waals surface area contributed by atoms with Crippen LogP contribution >= 0.6 is 0 Å². The Hall–Kier alpha value is -3.94. The topological polar surface area (TPSA) is 83.7 Å². The van der Waals surface area contributed by atoms with Crippen molar-refractivity contribution < 1.29 is 19.0 Å². The quantitative estimate of drug-likeness (QED) is 0.590. The molecular formula is C23H25N3O5. The third-order valence-electron chi connectivity index (χ3n) is 4.92. The molecule has 31 heavy (non-hydrogen) atoms. The highest BCUT2D eigenvalue weighted by Crippen LogP contribution is 2.38. The third kappa shape index (κ3) is 4.32. The van der Waals surface area contributed by atoms with E-state index < -0.39 is 5.91 Å². The summed E-state index contributed by atoms with van der Waals surface area (Å²) >= 11 is 0. The highest BCUT2D eigenvalue weighted by Gasteiger charge is 2.17. The summed E-state index contributed by atoms with van der Waals surface area (Å²) < 4.78 is 19.2. The first-order valence-corrected chi connectivity index (χ1v) is 9.54. The van der Waals surface area contributed by atoms with Crippen LogP contribution in [0.1, 0.15) is 11.3 Å². The molecule has 0 saturated carbocycles. The summed E-state index contributed by atoms with van der Waals surface area (Å²) in [5.74, 6) is 0.992. The van der Waals surface area contributed by atoms with Crippen LogP contribution in [0.2, 0.25) is 0 Å². The van der Waals surface area contributed by atoms with Gasteiger partial charge in [-0.2, -0.15) is 0 Å². The number of nitrogens with zero attached hydrogens (tertiary/aromatic N) is 2. The van der Waals surface area contributed by atoms with E-state index in [1.807, 2.05) is 30.3 Å². The fourth-order valence-electron chi connectivity index (χ4n) is 3.25. The number of hydrogen-bond acceptors (Lipinski definition) is 5. The van der Waals surface area contributed by atoms with Crippen molar-refractivity contribution in [3.05, 3.63) is 70.2 Å². The number of benzene rings is 2. The van der Waals surface area contributed by atoms with Gasteiger partial charge in [-0.05, 0) is 42.8 Å². The Morgan fingerprint density at radius 2 is 1.61 bits per heavy atom. The van der Waals surface area contributed by atoms with Gasteiger partial charge in [0, 0.05) is 13.1 Å². The first-order valence-electron chi connectivity index (χ1n) is 9.54. The summed E-state index contributed by atoms with van der Waals surface area (Å²) in [5.41, 5.74) is 1.96. The summed E-state index contributed by atoms with van der Waals surface area (Å²) in [4.78, 5) is 25.5. The molecule has 0 bridgehead atoms. The highest BCUT2D eigenvalue weighted by molar-refractivity contribution is 6.02. The SMILES string of the molecule is COc1cc(/C=C/C(=O)Nc2c(C)n(C)n(-c3ccccc3)c2=O)cc(OC)c1OC. The van der Waals surface area contributed by atoms with E-state index >= 15 is 0 Å². The van der Waals surface area contributed by atoms with E-state index in [9.17, 15) is 9.59 Å². The van der Waals surface area contributed by atoms with Crippen LogP contribution in [-0.4, -0.2) is 36.6 Å². The molecule has 0 radical (unpaired) electrons. The number of para-hydroxylation sites is 1. The van der Waals surface area contributed by atoms with Crippen LogP contribution in [0.5, 0.6) is 17.2 Å². The van der Waals surface area contributed by atoms with E-state index in [1.54, 1.807) is 36.9 Å². The highest BCUT2D eigenvalue weighted by atomic mass is 16.5. The maximum absolute atomic E-state index is 12.9. The fraction of sp³-hybridized carbons (Fsp3) is 0.217. The summed E-state index contributed by atoms with van der Waals surface area (Å²) in [6.45, 7) is 1.78. The first-order chi connectivity index (χ1) is 14.9. The van der Waals surface area contributed by atoms with Gasteiger partial charge in [-0.3, -0.25) is 14.3 Å². The van der Waals surface area contributed by atoms with Gasteiger partial charge >= 0.3 is 0 Å². The van der Waals surface area contributed by atoms with Crippen molar-refractivity contribution in [3.8, 4) is 22.9 Å². The number of amides is 1. The molecular weight excluding hydrogens is 398 g/mol. The van der Waals surface area contributed by atoms with Gasteiger partial charge in [0.2, 0.25) is 11.7 Å². The van der Waals surface area contributed by atoms with Gasteiger partial charge in [-0.15, -0.1) is 0 Å². The average Bonchev–Trinajstić information content (AvgIpc) is 3.00. The predicted molar refractivity (Wildman–Crippen MR) is 120 cm³/mol. The molecule has 0 aliphatic heterocycles. The zero-order valence-electron chi connectivity index (χ0n) is 18.1. The molecule has 0 aliphatic rings. The van der Waals surface area contributed by atoms with Crippen molar-refractivity contribution in [2.45, 2.75) is 6.92 Å². The van der Waals surface area contributed by atoms with Crippen LogP contribution in [0.25, 0.3) is 11.8 Å². The Labute approximate surface area is 180 Å². The zero-order chi connectivity index (χ0) is 22.5. The fourth-order valence-corrected chi connectivity index (χ4v) is 3.25. The molecule has 1 heterocycles. The molecule has 8 nitrogen and oxygen atoms in total. The normalized spacial score (nSPS) is 10.9. The molecule has 8 heteroatoms. The summed E-state index contributed by atoms with van der Waals surface area (Å²) in [7, 11) is 6.33. The summed E-state index contributed by atoms with van der Waals surface area (Å²) in [5, 5.41) is 2.69. The Balaban J connectivity index is 1.87. The maximum atomic E-state index is 12.9. The number of methoxy groups -OCH3 is 3. The van der Waals surface area contributed by atoms with Crippen molar-refractivity contribution in [1.82, 2.24) is 9.36 Å². The van der Waals surface area contributed by atoms with E-state index in [0.717, 1.165) is 0 Å². The number of ether oxygens (including phenoxy) is 3. The second-order valence-electron chi connectivity index (χ2n) is 6.72. The van der Waals surface area contributed by atoms with Gasteiger partial charge in [0.05, 0.1) is 32.7 Å². The second-order valence-corrected chi connectivity index (χ2v) is 6.72. The zero-order valence-corrected chi connectivity index (χ0v) is 18.1. The van der Waals surface area contributed by atoms with Crippen molar-refractivity contribution in [3.63, 3.8) is 0 Å². The Morgan fingerprint density at radius 3 is 2.16 bits per heavy atom. The summed E-state index contributed by atoms with van der Waals surface area (Å²) in [6.07, 6.45) is 2.95. The summed E-state index contributed by atoms with van der Waals surface area (Å²) in [6, 6.07) is 12.7. The maximum Gasteiger partial charge on any atom is 0.295 e. The number of hydrogen-bond donors (Lipinski definition) is 1. The van der Waals surface area contributed by atoms with Gasteiger partial charge in [-0.25, -0.2) is 4.68 Å². The monoisotopic (exact) mass is 423 g/mol. The Morgan fingerprint density at radius 1 is 1.00 bits per heavy atom. The van der Waals surface area contributed by atoms with Crippen LogP contribution in [0.3, 0.4) is 0 Å². The van der Waals surface area contributed by atoms with Gasteiger partial charge in [0.25, 0.3) is 5.56 Å². The van der Waals surface area contributed by atoms with Gasteiger partial charge in [-0.1, -0.05) is 18.2 Å². The largest absolute Gasteiger partial charge is 0.493 e. The molecule has 3 rings (SSSR count). The molecule has 2 aromatic carbocycles. The number of carbonyl (C=O) groups excluding carboxylic acids is 1. The van der Waals surface area contributed by atoms with Crippen LogP contribution in [0, 0.1) is 6.92 Å². The number of rotatable bonds is 7. The first kappa shape index (κ1) is 21.8. The third-order valence-corrected chi connectivity index (χ3v) is 4.92. The molecule has 0 spiro atoms. The Kier molecular flexibility index (Phi) is 6.49. The molecule has 0 saturated heterocycles. The molecule has 0 fully saturated rings. The molecule has 0 aliphatic carbocycles. The lowest BCUT2D eigenvalue weighted by atomic mass is 10.1. The van der Waals surface area contributed by atoms with Crippen molar-refractivity contribution >= 4 is 17.7 Å². The minimum absolute atomic E-state index is 0.228. The lowest BCUT2D eigenvalue weighted by molar-refractivity contribution is -0.111. The minimum Gasteiger partial charge on any atom is -0.493 e. The molecule has 3 aromatic rings. The van der Waals surface area contributed by atoms with Crippen LogP contribution in [0.4, 0.5) is 5.69 Å². The predicted octanol–water partition coefficient (Wildman–Crippen LogP) is 3.16. The van der Waals surface area contributed by atoms with E-state index in [4.69, 9.17) is 14.2 Å². The molecule has 162 valence electrons. The van der Waals surface area contributed by atoms with Crippen molar-refractivity contribution in [2.75, 3.05) is 26.6 Å².